The molecular weight excluding hydrogens is 352 g/mol. The van der Waals surface area contributed by atoms with Crippen molar-refractivity contribution in [3.05, 3.63) is 70.8 Å². The molecule has 0 spiro atoms. The predicted molar refractivity (Wildman–Crippen MR) is 99.6 cm³/mol. The number of carbonyl (C=O) groups is 1. The molecule has 0 atom stereocenters. The number of hydrogen-bond acceptors (Lipinski definition) is 5. The van der Waals surface area contributed by atoms with Gasteiger partial charge in [0.1, 0.15) is 10.9 Å². The van der Waals surface area contributed by atoms with Crippen molar-refractivity contribution in [1.29, 1.82) is 0 Å². The number of anilines is 1. The number of hydrogen-bond donors (Lipinski definition) is 1. The highest BCUT2D eigenvalue weighted by Crippen LogP contribution is 2.24. The van der Waals surface area contributed by atoms with Crippen molar-refractivity contribution >= 4 is 23.2 Å². The van der Waals surface area contributed by atoms with Gasteiger partial charge in [0.25, 0.3) is 0 Å². The Morgan fingerprint density at radius 1 is 1.15 bits per heavy atom. The van der Waals surface area contributed by atoms with Gasteiger partial charge in [0.15, 0.2) is 0 Å². The van der Waals surface area contributed by atoms with E-state index >= 15 is 0 Å². The normalized spacial score (nSPS) is 10.4. The number of carbonyl (C=O) groups excluding carboxylic acids is 1. The third kappa shape index (κ3) is 4.55. The largest absolute Gasteiger partial charge is 0.424 e. The van der Waals surface area contributed by atoms with E-state index in [4.69, 9.17) is 16.3 Å². The summed E-state index contributed by atoms with van der Waals surface area (Å²) in [5.74, 6) is 0.477. The van der Waals surface area contributed by atoms with Crippen LogP contribution in [0.2, 0.25) is 5.15 Å². The number of benzene rings is 1. The van der Waals surface area contributed by atoms with Crippen LogP contribution >= 0.6 is 11.6 Å². The molecular formula is C19H17ClN4O2. The Morgan fingerprint density at radius 2 is 1.92 bits per heavy atom. The molecule has 0 aliphatic carbocycles. The Morgan fingerprint density at radius 3 is 2.62 bits per heavy atom. The highest BCUT2D eigenvalue weighted by atomic mass is 35.5. The number of rotatable bonds is 5. The smallest absolute Gasteiger partial charge is 0.321 e. The third-order valence-corrected chi connectivity index (χ3v) is 3.95. The molecule has 3 aromatic rings. The van der Waals surface area contributed by atoms with Crippen LogP contribution in [0.25, 0.3) is 0 Å². The summed E-state index contributed by atoms with van der Waals surface area (Å²) in [4.78, 5) is 24.5. The second kappa shape index (κ2) is 7.93. The first kappa shape index (κ1) is 17.8. The van der Waals surface area contributed by atoms with Gasteiger partial charge >= 0.3 is 6.01 Å². The van der Waals surface area contributed by atoms with Crippen LogP contribution in [0.1, 0.15) is 16.8 Å². The van der Waals surface area contributed by atoms with E-state index in [1.54, 1.807) is 36.7 Å². The number of ether oxygens (including phenoxy) is 1. The number of aromatic nitrogens is 3. The van der Waals surface area contributed by atoms with E-state index in [1.165, 1.54) is 0 Å². The second-order valence-corrected chi connectivity index (χ2v) is 6.10. The fourth-order valence-corrected chi connectivity index (χ4v) is 2.59. The average Bonchev–Trinajstić information content (AvgIpc) is 2.61. The highest BCUT2D eigenvalue weighted by molar-refractivity contribution is 6.29. The van der Waals surface area contributed by atoms with Crippen LogP contribution < -0.4 is 10.1 Å². The fraction of sp³-hybridized carbons (Fsp3) is 0.158. The molecule has 0 radical (unpaired) electrons. The fourth-order valence-electron chi connectivity index (χ4n) is 2.40. The van der Waals surface area contributed by atoms with Crippen molar-refractivity contribution in [3.63, 3.8) is 0 Å². The number of pyridine rings is 1. The predicted octanol–water partition coefficient (Wildman–Crippen LogP) is 4.12. The van der Waals surface area contributed by atoms with E-state index in [-0.39, 0.29) is 18.3 Å². The van der Waals surface area contributed by atoms with Gasteiger partial charge in [-0.2, -0.15) is 0 Å². The minimum atomic E-state index is -0.125. The number of amides is 1. The van der Waals surface area contributed by atoms with Crippen molar-refractivity contribution in [2.24, 2.45) is 0 Å². The first-order valence-corrected chi connectivity index (χ1v) is 8.36. The van der Waals surface area contributed by atoms with Crippen LogP contribution in [-0.4, -0.2) is 20.9 Å². The molecule has 3 rings (SSSR count). The van der Waals surface area contributed by atoms with E-state index in [1.807, 2.05) is 26.0 Å². The molecule has 0 aliphatic heterocycles. The first-order valence-electron chi connectivity index (χ1n) is 7.98. The number of halogens is 1. The molecule has 6 nitrogen and oxygen atoms in total. The van der Waals surface area contributed by atoms with Gasteiger partial charge in [0, 0.05) is 23.8 Å². The molecule has 0 aliphatic rings. The summed E-state index contributed by atoms with van der Waals surface area (Å²) in [6, 6.07) is 10.9. The molecule has 2 heterocycles. The summed E-state index contributed by atoms with van der Waals surface area (Å²) in [6.07, 6.45) is 3.44. The van der Waals surface area contributed by atoms with Crippen LogP contribution in [0.3, 0.4) is 0 Å². The van der Waals surface area contributed by atoms with Crippen LogP contribution in [0.4, 0.5) is 5.69 Å². The average molecular weight is 369 g/mol. The van der Waals surface area contributed by atoms with Gasteiger partial charge in [-0.05, 0) is 55.3 Å². The van der Waals surface area contributed by atoms with Crippen molar-refractivity contribution < 1.29 is 9.53 Å². The Hall–Kier alpha value is -2.99. The molecule has 132 valence electrons. The lowest BCUT2D eigenvalue weighted by Gasteiger charge is -2.11. The summed E-state index contributed by atoms with van der Waals surface area (Å²) >= 11 is 5.84. The lowest BCUT2D eigenvalue weighted by atomic mass is 10.1. The van der Waals surface area contributed by atoms with E-state index in [0.29, 0.717) is 10.9 Å². The molecule has 1 aromatic carbocycles. The molecule has 1 amide bonds. The Kier molecular flexibility index (Phi) is 5.43. The van der Waals surface area contributed by atoms with Crippen molar-refractivity contribution in [1.82, 2.24) is 15.0 Å². The third-order valence-electron chi connectivity index (χ3n) is 3.74. The van der Waals surface area contributed by atoms with Crippen molar-refractivity contribution in [2.75, 3.05) is 5.32 Å². The van der Waals surface area contributed by atoms with E-state index < -0.39 is 0 Å². The Bertz CT molecular complexity index is 932. The molecule has 26 heavy (non-hydrogen) atoms. The van der Waals surface area contributed by atoms with Crippen molar-refractivity contribution in [3.8, 4) is 11.8 Å². The summed E-state index contributed by atoms with van der Waals surface area (Å²) < 4.78 is 5.59. The summed E-state index contributed by atoms with van der Waals surface area (Å²) in [7, 11) is 0. The van der Waals surface area contributed by atoms with Gasteiger partial charge in [-0.1, -0.05) is 17.7 Å². The maximum absolute atomic E-state index is 12.3. The maximum atomic E-state index is 12.3. The van der Waals surface area contributed by atoms with Crippen LogP contribution in [0, 0.1) is 13.8 Å². The zero-order valence-electron chi connectivity index (χ0n) is 14.4. The van der Waals surface area contributed by atoms with Crippen molar-refractivity contribution in [2.45, 2.75) is 20.3 Å². The van der Waals surface area contributed by atoms with E-state index in [9.17, 15) is 4.79 Å². The molecule has 0 saturated heterocycles. The van der Waals surface area contributed by atoms with Gasteiger partial charge in [-0.15, -0.1) is 0 Å². The van der Waals surface area contributed by atoms with E-state index in [0.717, 1.165) is 22.5 Å². The van der Waals surface area contributed by atoms with Gasteiger partial charge in [-0.3, -0.25) is 4.79 Å². The molecule has 0 saturated carbocycles. The molecule has 7 heteroatoms. The molecule has 1 N–H and O–H groups in total. The maximum Gasteiger partial charge on any atom is 0.321 e. The molecule has 2 aromatic heterocycles. The topological polar surface area (TPSA) is 77.0 Å². The zero-order chi connectivity index (χ0) is 18.5. The van der Waals surface area contributed by atoms with Gasteiger partial charge in [-0.25, -0.2) is 15.0 Å². The number of nitrogens with one attached hydrogen (secondary N) is 1. The summed E-state index contributed by atoms with van der Waals surface area (Å²) in [5.41, 5.74) is 3.18. The Balaban J connectivity index is 1.67. The zero-order valence-corrected chi connectivity index (χ0v) is 15.1. The van der Waals surface area contributed by atoms with Gasteiger partial charge < -0.3 is 10.1 Å². The number of nitrogens with zero attached hydrogens (tertiary/aromatic N) is 3. The van der Waals surface area contributed by atoms with Crippen LogP contribution in [0.15, 0.2) is 48.8 Å². The quantitative estimate of drug-likeness (QED) is 0.685. The Labute approximate surface area is 156 Å². The van der Waals surface area contributed by atoms with Gasteiger partial charge in [0.2, 0.25) is 5.91 Å². The molecule has 0 bridgehead atoms. The lowest BCUT2D eigenvalue weighted by Crippen LogP contribution is -2.16. The summed E-state index contributed by atoms with van der Waals surface area (Å²) in [5, 5.41) is 3.32. The second-order valence-electron chi connectivity index (χ2n) is 5.71. The van der Waals surface area contributed by atoms with Crippen LogP contribution in [0.5, 0.6) is 11.8 Å². The summed E-state index contributed by atoms with van der Waals surface area (Å²) in [6.45, 7) is 3.72. The van der Waals surface area contributed by atoms with Gasteiger partial charge in [0.05, 0.1) is 6.42 Å². The monoisotopic (exact) mass is 368 g/mol. The minimum Gasteiger partial charge on any atom is -0.424 e. The SMILES string of the molecule is Cc1cc(Oc2ncccn2)ccc1NC(=O)Cc1ccc(Cl)nc1C. The lowest BCUT2D eigenvalue weighted by molar-refractivity contribution is -0.115. The van der Waals surface area contributed by atoms with Crippen LogP contribution in [-0.2, 0) is 11.2 Å². The number of aryl methyl sites for hydroxylation is 2. The molecule has 0 unspecified atom stereocenters. The standard InChI is InChI=1S/C19H17ClN4O2/c1-12-10-15(26-19-21-8-3-9-22-19)5-6-16(12)24-18(25)11-14-4-7-17(20)23-13(14)2/h3-10H,11H2,1-2H3,(H,24,25). The first-order chi connectivity index (χ1) is 12.5. The van der Waals surface area contributed by atoms with E-state index in [2.05, 4.69) is 20.3 Å². The minimum absolute atomic E-state index is 0.125. The molecule has 0 fully saturated rings. The highest BCUT2D eigenvalue weighted by Gasteiger charge is 2.10.